The van der Waals surface area contributed by atoms with Crippen LogP contribution in [-0.2, 0) is 0 Å². The molecule has 0 spiro atoms. The van der Waals surface area contributed by atoms with E-state index in [9.17, 15) is 4.39 Å². The molecule has 0 radical (unpaired) electrons. The molecule has 2 aromatic carbocycles. The number of hydrogen-bond acceptors (Lipinski definition) is 6. The molecule has 0 aliphatic carbocycles. The molecule has 2 heterocycles. The quantitative estimate of drug-likeness (QED) is 0.496. The van der Waals surface area contributed by atoms with E-state index in [0.29, 0.717) is 0 Å². The SMILES string of the molecule is CSc1nc2ccc(Nc3nc4ccc(F)cc4s3)cc2s1. The predicted molar refractivity (Wildman–Crippen MR) is 94.3 cm³/mol. The van der Waals surface area contributed by atoms with Crippen LogP contribution < -0.4 is 5.32 Å². The lowest BCUT2D eigenvalue weighted by molar-refractivity contribution is 0.630. The molecular formula is C15H10FN3S3. The molecule has 3 nitrogen and oxygen atoms in total. The molecule has 0 aliphatic rings. The van der Waals surface area contributed by atoms with Crippen molar-refractivity contribution in [2.45, 2.75) is 4.34 Å². The molecule has 0 unspecified atom stereocenters. The van der Waals surface area contributed by atoms with Crippen molar-refractivity contribution >= 4 is 65.7 Å². The maximum atomic E-state index is 13.2. The molecule has 0 amide bonds. The van der Waals surface area contributed by atoms with E-state index in [0.717, 1.165) is 35.6 Å². The van der Waals surface area contributed by atoms with Gasteiger partial charge in [0.1, 0.15) is 5.82 Å². The Morgan fingerprint density at radius 1 is 1.00 bits per heavy atom. The Morgan fingerprint density at radius 3 is 2.64 bits per heavy atom. The minimum atomic E-state index is -0.238. The van der Waals surface area contributed by atoms with Gasteiger partial charge in [-0.15, -0.1) is 11.3 Å². The van der Waals surface area contributed by atoms with Crippen molar-refractivity contribution in [2.75, 3.05) is 11.6 Å². The highest BCUT2D eigenvalue weighted by atomic mass is 32.2. The number of thioether (sulfide) groups is 1. The lowest BCUT2D eigenvalue weighted by Crippen LogP contribution is -1.88. The van der Waals surface area contributed by atoms with E-state index in [1.54, 1.807) is 29.2 Å². The highest BCUT2D eigenvalue weighted by molar-refractivity contribution is 8.00. The van der Waals surface area contributed by atoms with Crippen LogP contribution in [0.1, 0.15) is 0 Å². The van der Waals surface area contributed by atoms with E-state index in [-0.39, 0.29) is 5.82 Å². The monoisotopic (exact) mass is 347 g/mol. The lowest BCUT2D eigenvalue weighted by atomic mass is 10.3. The minimum absolute atomic E-state index is 0.238. The smallest absolute Gasteiger partial charge is 0.188 e. The Bertz CT molecular complexity index is 977. The fourth-order valence-corrected chi connectivity index (χ4v) is 4.58. The number of benzene rings is 2. The third-order valence-corrected chi connectivity index (χ3v) is 6.08. The fraction of sp³-hybridized carbons (Fsp3) is 0.0667. The van der Waals surface area contributed by atoms with Crippen molar-refractivity contribution in [1.82, 2.24) is 9.97 Å². The molecule has 22 heavy (non-hydrogen) atoms. The zero-order valence-corrected chi connectivity index (χ0v) is 13.9. The van der Waals surface area contributed by atoms with Crippen LogP contribution in [0.4, 0.5) is 15.2 Å². The van der Waals surface area contributed by atoms with Gasteiger partial charge in [0, 0.05) is 5.69 Å². The largest absolute Gasteiger partial charge is 0.331 e. The number of anilines is 2. The second-order valence-electron chi connectivity index (χ2n) is 4.62. The van der Waals surface area contributed by atoms with Crippen molar-refractivity contribution in [3.05, 3.63) is 42.2 Å². The third-order valence-electron chi connectivity index (χ3n) is 3.15. The zero-order valence-electron chi connectivity index (χ0n) is 11.5. The Kier molecular flexibility index (Phi) is 3.48. The average molecular weight is 347 g/mol. The molecule has 4 aromatic rings. The second-order valence-corrected chi connectivity index (χ2v) is 7.74. The van der Waals surface area contributed by atoms with Gasteiger partial charge in [-0.25, -0.2) is 14.4 Å². The molecular weight excluding hydrogens is 337 g/mol. The molecule has 0 fully saturated rings. The van der Waals surface area contributed by atoms with E-state index < -0.39 is 0 Å². The summed E-state index contributed by atoms with van der Waals surface area (Å²) in [5, 5.41) is 4.05. The van der Waals surface area contributed by atoms with Crippen molar-refractivity contribution in [3.63, 3.8) is 0 Å². The van der Waals surface area contributed by atoms with Gasteiger partial charge in [-0.2, -0.15) is 0 Å². The minimum Gasteiger partial charge on any atom is -0.331 e. The van der Waals surface area contributed by atoms with E-state index in [1.807, 2.05) is 18.4 Å². The number of rotatable bonds is 3. The van der Waals surface area contributed by atoms with Crippen LogP contribution in [0, 0.1) is 5.82 Å². The third kappa shape index (κ3) is 2.55. The summed E-state index contributed by atoms with van der Waals surface area (Å²) in [4.78, 5) is 9.00. The summed E-state index contributed by atoms with van der Waals surface area (Å²) in [7, 11) is 0. The number of nitrogens with zero attached hydrogens (tertiary/aromatic N) is 2. The Balaban J connectivity index is 1.68. The summed E-state index contributed by atoms with van der Waals surface area (Å²) >= 11 is 4.77. The summed E-state index contributed by atoms with van der Waals surface area (Å²) in [6, 6.07) is 10.7. The molecule has 0 atom stereocenters. The van der Waals surface area contributed by atoms with Crippen LogP contribution >= 0.6 is 34.4 Å². The molecule has 0 saturated heterocycles. The first-order valence-corrected chi connectivity index (χ1v) is 9.35. The molecule has 7 heteroatoms. The number of hydrogen-bond donors (Lipinski definition) is 1. The van der Waals surface area contributed by atoms with Gasteiger partial charge in [0.2, 0.25) is 0 Å². The molecule has 110 valence electrons. The maximum absolute atomic E-state index is 13.2. The van der Waals surface area contributed by atoms with Crippen molar-refractivity contribution in [3.8, 4) is 0 Å². The summed E-state index contributed by atoms with van der Waals surface area (Å²) in [6.07, 6.45) is 2.02. The first-order valence-electron chi connectivity index (χ1n) is 6.49. The molecule has 0 aliphatic heterocycles. The van der Waals surface area contributed by atoms with Crippen LogP contribution in [-0.4, -0.2) is 16.2 Å². The highest BCUT2D eigenvalue weighted by Crippen LogP contribution is 2.33. The van der Waals surface area contributed by atoms with Crippen molar-refractivity contribution in [1.29, 1.82) is 0 Å². The fourth-order valence-electron chi connectivity index (χ4n) is 2.14. The molecule has 0 saturated carbocycles. The van der Waals surface area contributed by atoms with Crippen LogP contribution in [0.5, 0.6) is 0 Å². The predicted octanol–water partition coefficient (Wildman–Crippen LogP) is 5.51. The summed E-state index contributed by atoms with van der Waals surface area (Å²) in [5.74, 6) is -0.238. The Hall–Kier alpha value is -1.70. The van der Waals surface area contributed by atoms with E-state index in [4.69, 9.17) is 0 Å². The normalized spacial score (nSPS) is 11.4. The van der Waals surface area contributed by atoms with Crippen molar-refractivity contribution in [2.24, 2.45) is 0 Å². The molecule has 2 aromatic heterocycles. The number of aromatic nitrogens is 2. The van der Waals surface area contributed by atoms with Gasteiger partial charge in [-0.05, 0) is 42.7 Å². The van der Waals surface area contributed by atoms with Gasteiger partial charge in [0.05, 0.1) is 20.4 Å². The second kappa shape index (κ2) is 5.49. The van der Waals surface area contributed by atoms with E-state index in [1.165, 1.54) is 23.5 Å². The Morgan fingerprint density at radius 2 is 1.77 bits per heavy atom. The van der Waals surface area contributed by atoms with Crippen LogP contribution in [0.15, 0.2) is 40.7 Å². The van der Waals surface area contributed by atoms with Gasteiger partial charge >= 0.3 is 0 Å². The highest BCUT2D eigenvalue weighted by Gasteiger charge is 2.07. The van der Waals surface area contributed by atoms with Crippen LogP contribution in [0.2, 0.25) is 0 Å². The Labute approximate surface area is 138 Å². The maximum Gasteiger partial charge on any atom is 0.188 e. The number of thiazole rings is 2. The van der Waals surface area contributed by atoms with Crippen LogP contribution in [0.25, 0.3) is 20.4 Å². The molecule has 1 N–H and O–H groups in total. The van der Waals surface area contributed by atoms with Gasteiger partial charge in [0.15, 0.2) is 9.47 Å². The van der Waals surface area contributed by atoms with E-state index >= 15 is 0 Å². The van der Waals surface area contributed by atoms with Gasteiger partial charge in [0.25, 0.3) is 0 Å². The average Bonchev–Trinajstić information content (AvgIpc) is 3.09. The van der Waals surface area contributed by atoms with Gasteiger partial charge in [-0.3, -0.25) is 0 Å². The first kappa shape index (κ1) is 13.9. The number of halogens is 1. The summed E-state index contributed by atoms with van der Waals surface area (Å²) in [6.45, 7) is 0. The van der Waals surface area contributed by atoms with Crippen molar-refractivity contribution < 1.29 is 4.39 Å². The lowest BCUT2D eigenvalue weighted by Gasteiger charge is -2.01. The summed E-state index contributed by atoms with van der Waals surface area (Å²) in [5.41, 5.74) is 2.77. The molecule has 0 bridgehead atoms. The van der Waals surface area contributed by atoms with E-state index in [2.05, 4.69) is 21.4 Å². The standard InChI is InChI=1S/C15H10FN3S3/c1-20-15-19-11-5-3-9(7-13(11)22-15)17-14-18-10-4-2-8(16)6-12(10)21-14/h2-7H,1H3,(H,17,18). The first-order chi connectivity index (χ1) is 10.7. The number of nitrogens with one attached hydrogen (secondary N) is 1. The molecule has 4 rings (SSSR count). The van der Waals surface area contributed by atoms with Gasteiger partial charge in [-0.1, -0.05) is 23.1 Å². The number of fused-ring (bicyclic) bond motifs is 2. The zero-order chi connectivity index (χ0) is 15.1. The van der Waals surface area contributed by atoms with Crippen LogP contribution in [0.3, 0.4) is 0 Å². The summed E-state index contributed by atoms with van der Waals surface area (Å²) < 4.78 is 16.3. The van der Waals surface area contributed by atoms with Gasteiger partial charge < -0.3 is 5.32 Å². The topological polar surface area (TPSA) is 37.8 Å².